The van der Waals surface area contributed by atoms with Crippen molar-refractivity contribution in [2.75, 3.05) is 31.2 Å². The third-order valence-electron chi connectivity index (χ3n) is 9.32. The summed E-state index contributed by atoms with van der Waals surface area (Å²) in [6.07, 6.45) is 3.84. The molecule has 4 heterocycles. The second-order valence-electron chi connectivity index (χ2n) is 12.4. The van der Waals surface area contributed by atoms with E-state index in [1.165, 1.54) is 11.3 Å². The number of nitrogens with one attached hydrogen (secondary N) is 1. The minimum atomic E-state index is -3.99. The van der Waals surface area contributed by atoms with E-state index in [4.69, 9.17) is 14.0 Å². The normalized spacial score (nSPS) is 15.9. The summed E-state index contributed by atoms with van der Waals surface area (Å²) >= 11 is 1.35. The topological polar surface area (TPSA) is 103 Å². The quantitative estimate of drug-likeness (QED) is 0.136. The third kappa shape index (κ3) is 5.47. The van der Waals surface area contributed by atoms with Crippen LogP contribution >= 0.6 is 11.3 Å². The van der Waals surface area contributed by atoms with Gasteiger partial charge in [0.2, 0.25) is 0 Å². The van der Waals surface area contributed by atoms with E-state index in [0.717, 1.165) is 32.7 Å². The molecule has 11 heteroatoms. The molecule has 0 saturated heterocycles. The van der Waals surface area contributed by atoms with Gasteiger partial charge in [0.1, 0.15) is 22.7 Å². The molecule has 2 aliphatic heterocycles. The molecule has 9 nitrogen and oxygen atoms in total. The molecule has 0 fully saturated rings. The van der Waals surface area contributed by atoms with Crippen LogP contribution in [-0.4, -0.2) is 56.5 Å². The Kier molecular flexibility index (Phi) is 8.26. The zero-order chi connectivity index (χ0) is 34.3. The van der Waals surface area contributed by atoms with Crippen LogP contribution in [0.1, 0.15) is 31.9 Å². The van der Waals surface area contributed by atoms with Gasteiger partial charge in [-0.3, -0.25) is 13.7 Å². The Morgan fingerprint density at radius 3 is 2.08 bits per heavy atom. The van der Waals surface area contributed by atoms with Crippen LogP contribution < -0.4 is 15.0 Å². The first-order valence-electron chi connectivity index (χ1n) is 16.4. The maximum atomic E-state index is 13.4. The number of hydrogen-bond donors (Lipinski definition) is 1. The number of hydrogen-bond acceptors (Lipinski definition) is 8. The molecule has 8 rings (SSSR count). The van der Waals surface area contributed by atoms with Crippen LogP contribution in [-0.2, 0) is 19.8 Å². The summed E-state index contributed by atoms with van der Waals surface area (Å²) in [5, 5.41) is 8.02. The lowest BCUT2D eigenvalue weighted by atomic mass is 9.77. The van der Waals surface area contributed by atoms with Crippen LogP contribution in [0.25, 0.3) is 10.4 Å². The fourth-order valence-electron chi connectivity index (χ4n) is 6.90. The number of rotatable bonds is 9. The zero-order valence-corrected chi connectivity index (χ0v) is 28.9. The van der Waals surface area contributed by atoms with E-state index in [0.29, 0.717) is 29.4 Å². The molecule has 252 valence electrons. The van der Waals surface area contributed by atoms with Gasteiger partial charge in [0.25, 0.3) is 16.0 Å². The van der Waals surface area contributed by atoms with Crippen LogP contribution in [0.4, 0.5) is 5.69 Å². The predicted molar refractivity (Wildman–Crippen MR) is 193 cm³/mol. The number of ether oxygens (including phenoxy) is 1. The van der Waals surface area contributed by atoms with Crippen molar-refractivity contribution < 1.29 is 22.1 Å². The smallest absolute Gasteiger partial charge is 0.297 e. The molecule has 50 heavy (non-hydrogen) atoms. The minimum Gasteiger partial charge on any atom is -0.488 e. The Morgan fingerprint density at radius 1 is 0.880 bits per heavy atom. The molecule has 1 N–H and O–H groups in total. The van der Waals surface area contributed by atoms with E-state index < -0.39 is 21.7 Å². The first-order chi connectivity index (χ1) is 24.4. The highest BCUT2D eigenvalue weighted by Gasteiger charge is 2.42. The Balaban J connectivity index is 1.20. The van der Waals surface area contributed by atoms with E-state index >= 15 is 0 Å². The van der Waals surface area contributed by atoms with Gasteiger partial charge in [0.15, 0.2) is 5.75 Å². The number of carbonyl (C=O) groups is 1. The van der Waals surface area contributed by atoms with Crippen LogP contribution in [0.15, 0.2) is 133 Å². The molecule has 6 aromatic rings. The Labute approximate surface area is 294 Å². The van der Waals surface area contributed by atoms with Gasteiger partial charge in [-0.1, -0.05) is 109 Å². The van der Waals surface area contributed by atoms with Crippen molar-refractivity contribution in [3.05, 3.63) is 155 Å². The van der Waals surface area contributed by atoms with Crippen molar-refractivity contribution >= 4 is 33.0 Å². The highest BCUT2D eigenvalue weighted by molar-refractivity contribution is 7.86. The van der Waals surface area contributed by atoms with E-state index in [2.05, 4.69) is 41.7 Å². The third-order valence-corrected chi connectivity index (χ3v) is 11.8. The summed E-state index contributed by atoms with van der Waals surface area (Å²) < 4.78 is 40.1. The molecular weight excluding hydrogens is 669 g/mol. The molecule has 0 spiro atoms. The molecule has 0 radical (unpaired) electrons. The monoisotopic (exact) mass is 702 g/mol. The lowest BCUT2D eigenvalue weighted by Crippen LogP contribution is -2.47. The Morgan fingerprint density at radius 2 is 1.48 bits per heavy atom. The molecule has 4 aromatic carbocycles. The first-order valence-corrected chi connectivity index (χ1v) is 18.6. The summed E-state index contributed by atoms with van der Waals surface area (Å²) in [7, 11) is -3.99. The van der Waals surface area contributed by atoms with Gasteiger partial charge >= 0.3 is 0 Å². The molecule has 1 amide bonds. The molecule has 0 aliphatic carbocycles. The predicted octanol–water partition coefficient (Wildman–Crippen LogP) is 6.48. The van der Waals surface area contributed by atoms with E-state index in [-0.39, 0.29) is 24.0 Å². The van der Waals surface area contributed by atoms with E-state index in [1.54, 1.807) is 24.3 Å². The van der Waals surface area contributed by atoms with Crippen LogP contribution in [0, 0.1) is 6.92 Å². The number of amides is 1. The number of anilines is 1. The number of aryl methyl sites for hydroxylation is 1. The van der Waals surface area contributed by atoms with Crippen LogP contribution in [0.3, 0.4) is 0 Å². The number of thiophene rings is 1. The highest BCUT2D eigenvalue weighted by Crippen LogP contribution is 2.52. The van der Waals surface area contributed by atoms with Crippen molar-refractivity contribution in [2.45, 2.75) is 23.4 Å². The van der Waals surface area contributed by atoms with Gasteiger partial charge in [-0.15, -0.1) is 11.3 Å². The fraction of sp³-hybridized carbons (Fsp3) is 0.179. The summed E-state index contributed by atoms with van der Waals surface area (Å²) in [4.78, 5) is 16.8. The average Bonchev–Trinajstić information content (AvgIpc) is 3.75. The fourth-order valence-corrected chi connectivity index (χ4v) is 8.99. The van der Waals surface area contributed by atoms with Crippen molar-refractivity contribution in [1.29, 1.82) is 0 Å². The summed E-state index contributed by atoms with van der Waals surface area (Å²) in [5.74, 6) is 0.390. The minimum absolute atomic E-state index is 0.0985. The molecule has 0 bridgehead atoms. The van der Waals surface area contributed by atoms with Crippen molar-refractivity contribution in [2.24, 2.45) is 0 Å². The highest BCUT2D eigenvalue weighted by atomic mass is 32.2. The summed E-state index contributed by atoms with van der Waals surface area (Å²) in [5.41, 5.74) is 4.73. The molecule has 2 aromatic heterocycles. The number of aromatic nitrogens is 2. The zero-order valence-electron chi connectivity index (χ0n) is 27.2. The Hall–Kier alpha value is -5.23. The summed E-state index contributed by atoms with van der Waals surface area (Å²) in [6.45, 7) is 2.83. The standard InChI is InChI=1S/C39H34N4O5S2/c1-27-17-19-33(20-18-27)50(45,46)48-26-32-25-47-35-34-37(38(44)40-21-22-42(32)34)49-36(35)28-23-41-43(24-28)39(29-11-5-2-6-12-29,30-13-7-3-8-14-30)31-15-9-4-10-16-31/h2-20,23-24,32H,21-22,25-26H2,1H3,(H,40,44)/t32-/m0/s1. The van der Waals surface area contributed by atoms with Crippen LogP contribution in [0.2, 0.25) is 0 Å². The van der Waals surface area contributed by atoms with Crippen molar-refractivity contribution in [3.8, 4) is 16.2 Å². The molecule has 0 saturated carbocycles. The van der Waals surface area contributed by atoms with Gasteiger partial charge in [-0.05, 0) is 35.7 Å². The maximum Gasteiger partial charge on any atom is 0.297 e. The van der Waals surface area contributed by atoms with E-state index in [9.17, 15) is 13.2 Å². The van der Waals surface area contributed by atoms with Crippen molar-refractivity contribution in [1.82, 2.24) is 15.1 Å². The van der Waals surface area contributed by atoms with Gasteiger partial charge in [-0.2, -0.15) is 13.5 Å². The number of nitrogens with zero attached hydrogens (tertiary/aromatic N) is 3. The first kappa shape index (κ1) is 32.0. The van der Waals surface area contributed by atoms with Gasteiger partial charge in [0, 0.05) is 24.8 Å². The Bertz CT molecular complexity index is 2160. The average molecular weight is 703 g/mol. The van der Waals surface area contributed by atoms with Crippen LogP contribution in [0.5, 0.6) is 5.75 Å². The molecule has 1 atom stereocenters. The van der Waals surface area contributed by atoms with Gasteiger partial charge in [0.05, 0.1) is 28.6 Å². The lowest BCUT2D eigenvalue weighted by molar-refractivity contribution is 0.0961. The second kappa shape index (κ2) is 12.9. The molecule has 2 aliphatic rings. The molecular formula is C39H34N4O5S2. The largest absolute Gasteiger partial charge is 0.488 e. The summed E-state index contributed by atoms with van der Waals surface area (Å²) in [6, 6.07) is 37.1. The number of benzene rings is 4. The maximum absolute atomic E-state index is 13.4. The second-order valence-corrected chi connectivity index (χ2v) is 15.0. The number of carbonyl (C=O) groups excluding carboxylic acids is 1. The van der Waals surface area contributed by atoms with E-state index in [1.807, 2.05) is 83.5 Å². The SMILES string of the molecule is Cc1ccc(S(=O)(=O)OC[C@@H]2COc3c(-c4cnn(C(c5ccccc5)(c5ccccc5)c5ccccc5)c4)sc4c3N2CCNC4=O)cc1. The lowest BCUT2D eigenvalue weighted by Gasteiger charge is -2.36. The van der Waals surface area contributed by atoms with Crippen molar-refractivity contribution in [3.63, 3.8) is 0 Å². The van der Waals surface area contributed by atoms with Gasteiger partial charge < -0.3 is 15.0 Å². The van der Waals surface area contributed by atoms with Gasteiger partial charge in [-0.25, -0.2) is 0 Å². The molecule has 0 unspecified atom stereocenters.